The van der Waals surface area contributed by atoms with Crippen LogP contribution in [-0.4, -0.2) is 49.7 Å². The van der Waals surface area contributed by atoms with Crippen molar-refractivity contribution in [3.63, 3.8) is 0 Å². The van der Waals surface area contributed by atoms with Gasteiger partial charge in [0.05, 0.1) is 12.6 Å². The van der Waals surface area contributed by atoms with E-state index in [1.165, 1.54) is 11.8 Å². The molecule has 1 aliphatic rings. The van der Waals surface area contributed by atoms with Crippen LogP contribution in [0.1, 0.15) is 13.3 Å². The Morgan fingerprint density at radius 3 is 2.53 bits per heavy atom. The van der Waals surface area contributed by atoms with Crippen molar-refractivity contribution < 1.29 is 22.0 Å². The Morgan fingerprint density at radius 2 is 2.00 bits per heavy atom. The molecule has 0 aromatic carbocycles. The summed E-state index contributed by atoms with van der Waals surface area (Å²) in [5.41, 5.74) is 0. The van der Waals surface area contributed by atoms with Crippen LogP contribution in [0, 0.1) is 5.92 Å². The van der Waals surface area contributed by atoms with Gasteiger partial charge in [-0.2, -0.15) is 13.2 Å². The Balaban J connectivity index is 2.22. The minimum absolute atomic E-state index is 0.0264. The number of hydrogen-bond acceptors (Lipinski definition) is 2. The van der Waals surface area contributed by atoms with Gasteiger partial charge in [0.2, 0.25) is 0 Å². The summed E-state index contributed by atoms with van der Waals surface area (Å²) >= 11 is 0. The van der Waals surface area contributed by atoms with Gasteiger partial charge in [-0.15, -0.1) is 0 Å². The van der Waals surface area contributed by atoms with E-state index in [9.17, 15) is 22.0 Å². The monoisotopic (exact) mass is 260 g/mol. The molecule has 0 amide bonds. The predicted molar refractivity (Wildman–Crippen MR) is 54.1 cm³/mol. The average molecular weight is 260 g/mol. The summed E-state index contributed by atoms with van der Waals surface area (Å²) < 4.78 is 60.7. The second-order valence-electron chi connectivity index (χ2n) is 4.54. The fourth-order valence-electron chi connectivity index (χ4n) is 1.92. The molecule has 1 saturated heterocycles. The highest BCUT2D eigenvalue weighted by atomic mass is 19.4. The van der Waals surface area contributed by atoms with Crippen molar-refractivity contribution in [1.29, 1.82) is 0 Å². The van der Waals surface area contributed by atoms with Gasteiger partial charge in [-0.05, 0) is 32.4 Å². The quantitative estimate of drug-likeness (QED) is 0.762. The van der Waals surface area contributed by atoms with Crippen molar-refractivity contribution in [3.05, 3.63) is 0 Å². The van der Waals surface area contributed by atoms with Gasteiger partial charge in [0.15, 0.2) is 0 Å². The van der Waals surface area contributed by atoms with Crippen LogP contribution < -0.4 is 5.32 Å². The molecule has 0 aliphatic carbocycles. The third-order valence-electron chi connectivity index (χ3n) is 2.88. The summed E-state index contributed by atoms with van der Waals surface area (Å²) in [4.78, 5) is 1.32. The van der Waals surface area contributed by atoms with E-state index in [0.29, 0.717) is 26.1 Å². The topological polar surface area (TPSA) is 15.3 Å². The summed E-state index contributed by atoms with van der Waals surface area (Å²) in [6.07, 6.45) is -6.00. The van der Waals surface area contributed by atoms with Crippen LogP contribution in [0.3, 0.4) is 0 Å². The maximum absolute atomic E-state index is 12.2. The van der Waals surface area contributed by atoms with E-state index in [1.54, 1.807) is 0 Å². The molecule has 2 unspecified atom stereocenters. The number of alkyl halides is 5. The first-order chi connectivity index (χ1) is 7.78. The zero-order valence-corrected chi connectivity index (χ0v) is 9.60. The number of likely N-dealkylation sites (tertiary alicyclic amines) is 1. The van der Waals surface area contributed by atoms with E-state index in [2.05, 4.69) is 5.32 Å². The maximum Gasteiger partial charge on any atom is 0.401 e. The normalized spacial score (nSPS) is 24.5. The van der Waals surface area contributed by atoms with Gasteiger partial charge in [-0.3, -0.25) is 4.90 Å². The van der Waals surface area contributed by atoms with Gasteiger partial charge in [0, 0.05) is 6.54 Å². The molecular weight excluding hydrogens is 243 g/mol. The molecule has 1 rings (SSSR count). The van der Waals surface area contributed by atoms with Crippen LogP contribution in [0.15, 0.2) is 0 Å². The molecule has 2 nitrogen and oxygen atoms in total. The highest BCUT2D eigenvalue weighted by molar-refractivity contribution is 4.79. The van der Waals surface area contributed by atoms with Crippen LogP contribution >= 0.6 is 0 Å². The summed E-state index contributed by atoms with van der Waals surface area (Å²) in [6.45, 7) is 1.51. The lowest BCUT2D eigenvalue weighted by Crippen LogP contribution is -2.38. The molecule has 0 saturated carbocycles. The summed E-state index contributed by atoms with van der Waals surface area (Å²) in [5, 5.41) is 2.65. The van der Waals surface area contributed by atoms with Crippen molar-refractivity contribution in [3.8, 4) is 0 Å². The summed E-state index contributed by atoms with van der Waals surface area (Å²) in [6, 6.07) is -0.910. The SMILES string of the molecule is CC(NCC1CCN(CC(F)(F)F)C1)C(F)F. The standard InChI is InChI=1S/C10H17F5N2/c1-7(9(11)12)16-4-8-2-3-17(5-8)6-10(13,14)15/h7-9,16H,2-6H2,1H3. The van der Waals surface area contributed by atoms with Gasteiger partial charge in [-0.1, -0.05) is 0 Å². The number of nitrogens with zero attached hydrogens (tertiary/aromatic N) is 1. The van der Waals surface area contributed by atoms with Gasteiger partial charge in [0.25, 0.3) is 6.43 Å². The molecule has 102 valence electrons. The molecule has 7 heteroatoms. The molecule has 0 aromatic heterocycles. The molecule has 0 radical (unpaired) electrons. The minimum atomic E-state index is -4.18. The van der Waals surface area contributed by atoms with Crippen molar-refractivity contribution >= 4 is 0 Å². The third-order valence-corrected chi connectivity index (χ3v) is 2.88. The van der Waals surface area contributed by atoms with Crippen LogP contribution in [-0.2, 0) is 0 Å². The lowest BCUT2D eigenvalue weighted by Gasteiger charge is -2.19. The molecular formula is C10H17F5N2. The predicted octanol–water partition coefficient (Wildman–Crippen LogP) is 2.11. The fourth-order valence-corrected chi connectivity index (χ4v) is 1.92. The second kappa shape index (κ2) is 5.95. The molecule has 1 aliphatic heterocycles. The van der Waals surface area contributed by atoms with Crippen LogP contribution in [0.4, 0.5) is 22.0 Å². The first-order valence-electron chi connectivity index (χ1n) is 5.58. The number of nitrogens with one attached hydrogen (secondary N) is 1. The van der Waals surface area contributed by atoms with Gasteiger partial charge in [-0.25, -0.2) is 8.78 Å². The number of rotatable bonds is 5. The van der Waals surface area contributed by atoms with Crippen molar-refractivity contribution in [2.75, 3.05) is 26.2 Å². The van der Waals surface area contributed by atoms with E-state index in [-0.39, 0.29) is 5.92 Å². The zero-order chi connectivity index (χ0) is 13.1. The first-order valence-corrected chi connectivity index (χ1v) is 5.58. The summed E-state index contributed by atoms with van der Waals surface area (Å²) in [7, 11) is 0. The molecule has 0 aromatic rings. The molecule has 2 atom stereocenters. The van der Waals surface area contributed by atoms with Crippen LogP contribution in [0.2, 0.25) is 0 Å². The van der Waals surface area contributed by atoms with Crippen molar-refractivity contribution in [1.82, 2.24) is 10.2 Å². The molecule has 1 heterocycles. The Morgan fingerprint density at radius 1 is 1.35 bits per heavy atom. The fraction of sp³-hybridized carbons (Fsp3) is 1.00. The molecule has 17 heavy (non-hydrogen) atoms. The van der Waals surface area contributed by atoms with Gasteiger partial charge in [0.1, 0.15) is 0 Å². The van der Waals surface area contributed by atoms with Gasteiger partial charge < -0.3 is 5.32 Å². The lowest BCUT2D eigenvalue weighted by atomic mass is 10.1. The zero-order valence-electron chi connectivity index (χ0n) is 9.60. The smallest absolute Gasteiger partial charge is 0.309 e. The third kappa shape index (κ3) is 5.63. The Hall–Kier alpha value is -0.430. The Labute approximate surface area is 97.2 Å². The molecule has 1 fully saturated rings. The van der Waals surface area contributed by atoms with Crippen LogP contribution in [0.5, 0.6) is 0 Å². The number of halogens is 5. The second-order valence-corrected chi connectivity index (χ2v) is 4.54. The van der Waals surface area contributed by atoms with E-state index < -0.39 is 25.2 Å². The minimum Gasteiger partial charge on any atom is -0.309 e. The highest BCUT2D eigenvalue weighted by Gasteiger charge is 2.34. The number of hydrogen-bond donors (Lipinski definition) is 1. The van der Waals surface area contributed by atoms with E-state index in [1.807, 2.05) is 0 Å². The average Bonchev–Trinajstić information content (AvgIpc) is 2.59. The lowest BCUT2D eigenvalue weighted by molar-refractivity contribution is -0.143. The van der Waals surface area contributed by atoms with E-state index >= 15 is 0 Å². The maximum atomic E-state index is 12.2. The van der Waals surface area contributed by atoms with Crippen LogP contribution in [0.25, 0.3) is 0 Å². The highest BCUT2D eigenvalue weighted by Crippen LogP contribution is 2.22. The summed E-state index contributed by atoms with van der Waals surface area (Å²) in [5.74, 6) is 0.0264. The Kier molecular flexibility index (Phi) is 5.12. The van der Waals surface area contributed by atoms with E-state index in [4.69, 9.17) is 0 Å². The molecule has 0 spiro atoms. The van der Waals surface area contributed by atoms with Crippen molar-refractivity contribution in [2.24, 2.45) is 5.92 Å². The Bertz CT molecular complexity index is 231. The van der Waals surface area contributed by atoms with E-state index in [0.717, 1.165) is 0 Å². The van der Waals surface area contributed by atoms with Crippen molar-refractivity contribution in [2.45, 2.75) is 32.0 Å². The van der Waals surface area contributed by atoms with Gasteiger partial charge >= 0.3 is 6.18 Å². The first kappa shape index (κ1) is 14.6. The largest absolute Gasteiger partial charge is 0.401 e. The molecule has 1 N–H and O–H groups in total. The molecule has 0 bridgehead atoms.